The Labute approximate surface area is 68.4 Å². The summed E-state index contributed by atoms with van der Waals surface area (Å²) < 4.78 is 11.8. The molecular formula is C10H10O. The fraction of sp³-hybridized carbons (Fsp3) is 0.200. The first-order chi connectivity index (χ1) is 5.83. The molecule has 0 aliphatic rings. The van der Waals surface area contributed by atoms with E-state index in [2.05, 4.69) is 16.6 Å². The maximum Gasteiger partial charge on any atom is 0.107 e. The Bertz CT molecular complexity index is 284. The van der Waals surface area contributed by atoms with Crippen molar-refractivity contribution in [2.75, 3.05) is 13.7 Å². The molecule has 1 heteroatoms. The third-order valence-electron chi connectivity index (χ3n) is 1.17. The summed E-state index contributed by atoms with van der Waals surface area (Å²) in [5.74, 6) is 5.48. The van der Waals surface area contributed by atoms with Gasteiger partial charge >= 0.3 is 0 Å². The Morgan fingerprint density at radius 3 is 2.82 bits per heavy atom. The first-order valence-corrected chi connectivity index (χ1v) is 3.34. The van der Waals surface area contributed by atoms with Gasteiger partial charge in [0.05, 0.1) is 1.37 Å². The van der Waals surface area contributed by atoms with E-state index < -0.39 is 6.58 Å². The molecule has 0 saturated carbocycles. The maximum absolute atomic E-state index is 7.17. The molecule has 1 aromatic rings. The molecular weight excluding hydrogens is 136 g/mol. The summed E-state index contributed by atoms with van der Waals surface area (Å²) in [5, 5.41) is 0. The number of ether oxygens (including phenoxy) is 1. The summed E-state index contributed by atoms with van der Waals surface area (Å²) in [6.07, 6.45) is 0. The monoisotopic (exact) mass is 147 g/mol. The number of rotatable bonds is 1. The highest BCUT2D eigenvalue weighted by atomic mass is 16.5. The average molecular weight is 147 g/mol. The zero-order valence-electron chi connectivity index (χ0n) is 7.37. The molecule has 0 saturated heterocycles. The summed E-state index contributed by atoms with van der Waals surface area (Å²) in [6.45, 7) is -0.745. The summed E-state index contributed by atoms with van der Waals surface area (Å²) in [4.78, 5) is 0. The van der Waals surface area contributed by atoms with Gasteiger partial charge in [0.15, 0.2) is 0 Å². The summed E-state index contributed by atoms with van der Waals surface area (Å²) >= 11 is 0. The molecule has 0 heterocycles. The summed E-state index contributed by atoms with van der Waals surface area (Å²) in [7, 11) is 1.47. The highest BCUT2D eigenvalue weighted by Gasteiger charge is 1.79. The van der Waals surface area contributed by atoms with Gasteiger partial charge in [0.25, 0.3) is 0 Å². The average Bonchev–Trinajstić information content (AvgIpc) is 2.16. The van der Waals surface area contributed by atoms with Crippen LogP contribution in [0.3, 0.4) is 0 Å². The predicted molar refractivity (Wildman–Crippen MR) is 45.2 cm³/mol. The van der Waals surface area contributed by atoms with Crippen LogP contribution in [0.25, 0.3) is 0 Å². The zero-order valence-corrected chi connectivity index (χ0v) is 6.37. The van der Waals surface area contributed by atoms with Gasteiger partial charge in [-0.05, 0) is 12.1 Å². The Hall–Kier alpha value is -1.26. The maximum atomic E-state index is 7.17. The molecule has 0 bridgehead atoms. The van der Waals surface area contributed by atoms with Crippen molar-refractivity contribution in [1.29, 1.82) is 0 Å². The Balaban J connectivity index is 2.67. The van der Waals surface area contributed by atoms with Crippen molar-refractivity contribution in [3.63, 3.8) is 0 Å². The minimum absolute atomic E-state index is 0.745. The van der Waals surface area contributed by atoms with E-state index in [9.17, 15) is 0 Å². The Morgan fingerprint density at radius 2 is 2.18 bits per heavy atom. The van der Waals surface area contributed by atoms with Crippen molar-refractivity contribution in [3.05, 3.63) is 35.9 Å². The second-order valence-electron chi connectivity index (χ2n) is 1.99. The molecule has 0 spiro atoms. The van der Waals surface area contributed by atoms with Crippen LogP contribution in [0, 0.1) is 11.8 Å². The molecule has 0 aromatic heterocycles. The highest BCUT2D eigenvalue weighted by molar-refractivity contribution is 5.33. The van der Waals surface area contributed by atoms with Crippen molar-refractivity contribution < 1.29 is 6.11 Å². The van der Waals surface area contributed by atoms with Crippen LogP contribution in [0.1, 0.15) is 6.93 Å². The lowest BCUT2D eigenvalue weighted by Crippen LogP contribution is -1.81. The molecule has 0 aliphatic heterocycles. The molecule has 0 radical (unpaired) electrons. The van der Waals surface area contributed by atoms with E-state index in [-0.39, 0.29) is 0 Å². The van der Waals surface area contributed by atoms with Crippen LogP contribution in [0.15, 0.2) is 30.3 Å². The van der Waals surface area contributed by atoms with Crippen molar-refractivity contribution in [2.45, 2.75) is 0 Å². The summed E-state index contributed by atoms with van der Waals surface area (Å²) in [6, 6.07) is 9.55. The van der Waals surface area contributed by atoms with Gasteiger partial charge in [-0.1, -0.05) is 30.0 Å². The molecule has 1 rings (SSSR count). The van der Waals surface area contributed by atoms with Gasteiger partial charge in [-0.3, -0.25) is 0 Å². The molecule has 1 aromatic carbocycles. The zero-order chi connectivity index (χ0) is 8.81. The van der Waals surface area contributed by atoms with Crippen LogP contribution in [0.2, 0.25) is 0 Å². The first-order valence-electron chi connectivity index (χ1n) is 3.92. The van der Waals surface area contributed by atoms with Crippen LogP contribution in [-0.2, 0) is 4.74 Å². The van der Waals surface area contributed by atoms with Crippen molar-refractivity contribution in [2.24, 2.45) is 0 Å². The van der Waals surface area contributed by atoms with Gasteiger partial charge in [-0.2, -0.15) is 0 Å². The molecule has 0 amide bonds. The van der Waals surface area contributed by atoms with E-state index in [0.29, 0.717) is 0 Å². The van der Waals surface area contributed by atoms with Crippen LogP contribution in [0.4, 0.5) is 0 Å². The fourth-order valence-electron chi connectivity index (χ4n) is 0.693. The minimum Gasteiger partial charge on any atom is -0.372 e. The summed E-state index contributed by atoms with van der Waals surface area (Å²) in [5.41, 5.74) is 0.909. The van der Waals surface area contributed by atoms with Crippen molar-refractivity contribution in [3.8, 4) is 11.8 Å². The van der Waals surface area contributed by atoms with Gasteiger partial charge in [0.1, 0.15) is 6.58 Å². The topological polar surface area (TPSA) is 9.23 Å². The Morgan fingerprint density at radius 1 is 1.45 bits per heavy atom. The molecule has 1 unspecified atom stereocenters. The molecule has 56 valence electrons. The van der Waals surface area contributed by atoms with Gasteiger partial charge in [0.2, 0.25) is 0 Å². The molecule has 1 atom stereocenters. The largest absolute Gasteiger partial charge is 0.372 e. The number of hydrogen-bond acceptors (Lipinski definition) is 1. The van der Waals surface area contributed by atoms with E-state index >= 15 is 0 Å². The van der Waals surface area contributed by atoms with E-state index in [4.69, 9.17) is 1.37 Å². The minimum atomic E-state index is -0.745. The lowest BCUT2D eigenvalue weighted by molar-refractivity contribution is 0.240. The second-order valence-corrected chi connectivity index (χ2v) is 1.99. The third kappa shape index (κ3) is 2.88. The Kier molecular flexibility index (Phi) is 2.66. The lowest BCUT2D eigenvalue weighted by atomic mass is 10.2. The highest BCUT2D eigenvalue weighted by Crippen LogP contribution is 1.94. The smallest absolute Gasteiger partial charge is 0.107 e. The van der Waals surface area contributed by atoms with Crippen molar-refractivity contribution >= 4 is 0 Å². The first kappa shape index (κ1) is 6.45. The van der Waals surface area contributed by atoms with Gasteiger partial charge in [-0.25, -0.2) is 0 Å². The van der Waals surface area contributed by atoms with Crippen LogP contribution < -0.4 is 0 Å². The lowest BCUT2D eigenvalue weighted by Gasteiger charge is -1.86. The van der Waals surface area contributed by atoms with Gasteiger partial charge < -0.3 is 4.74 Å². The van der Waals surface area contributed by atoms with E-state index in [0.717, 1.165) is 5.56 Å². The van der Waals surface area contributed by atoms with E-state index in [1.54, 1.807) is 0 Å². The van der Waals surface area contributed by atoms with Crippen molar-refractivity contribution in [1.82, 2.24) is 0 Å². The number of benzene rings is 1. The standard InChI is InChI=1S/C10H10O/c1-11-9-5-8-10-6-3-2-4-7-10/h2-4,6-7H,9H2,1H3/i9D. The second kappa shape index (κ2) is 4.54. The third-order valence-corrected chi connectivity index (χ3v) is 1.17. The number of methoxy groups -OCH3 is 1. The molecule has 0 fully saturated rings. The molecule has 0 N–H and O–H groups in total. The quantitative estimate of drug-likeness (QED) is 0.549. The SMILES string of the molecule is [2H]C(C#Cc1ccccc1)OC. The van der Waals surface area contributed by atoms with Gasteiger partial charge in [-0.15, -0.1) is 0 Å². The molecule has 11 heavy (non-hydrogen) atoms. The number of hydrogen-bond donors (Lipinski definition) is 0. The van der Waals surface area contributed by atoms with Crippen LogP contribution in [0.5, 0.6) is 0 Å². The van der Waals surface area contributed by atoms with E-state index in [1.165, 1.54) is 7.11 Å². The van der Waals surface area contributed by atoms with Gasteiger partial charge in [0, 0.05) is 12.7 Å². The normalized spacial score (nSPS) is 12.6. The predicted octanol–water partition coefficient (Wildman–Crippen LogP) is 1.68. The molecule has 1 nitrogen and oxygen atoms in total. The fourth-order valence-corrected chi connectivity index (χ4v) is 0.693. The van der Waals surface area contributed by atoms with Crippen LogP contribution in [-0.4, -0.2) is 13.7 Å². The van der Waals surface area contributed by atoms with E-state index in [1.807, 2.05) is 30.3 Å². The van der Waals surface area contributed by atoms with Crippen LogP contribution >= 0.6 is 0 Å². The molecule has 0 aliphatic carbocycles.